The van der Waals surface area contributed by atoms with Gasteiger partial charge >= 0.3 is 18.1 Å². The molecule has 202 valence electrons. The molecule has 3 aromatic carbocycles. The number of benzene rings is 3. The maximum atomic E-state index is 13.1. The summed E-state index contributed by atoms with van der Waals surface area (Å²) in [6.07, 6.45) is -7.29. The lowest BCUT2D eigenvalue weighted by Gasteiger charge is -2.34. The fourth-order valence-electron chi connectivity index (χ4n) is 3.63. The Morgan fingerprint density at radius 3 is 1.87 bits per heavy atom. The van der Waals surface area contributed by atoms with E-state index in [1.54, 1.807) is 12.1 Å². The van der Waals surface area contributed by atoms with Crippen molar-refractivity contribution in [2.24, 2.45) is 0 Å². The van der Waals surface area contributed by atoms with Crippen molar-refractivity contribution >= 4 is 11.9 Å². The summed E-state index contributed by atoms with van der Waals surface area (Å²) in [5.74, 6) is -3.69. The molecule has 9 heteroatoms. The molecular weight excluding hydrogens is 501 g/mol. The van der Waals surface area contributed by atoms with Crippen LogP contribution in [0.15, 0.2) is 78.9 Å². The van der Waals surface area contributed by atoms with E-state index in [9.17, 15) is 27.9 Å². The maximum Gasteiger partial charge on any atom is 0.490 e. The number of aliphatic carboxylic acids is 1. The monoisotopic (exact) mass is 530 g/mol. The second-order valence-corrected chi connectivity index (χ2v) is 9.92. The Morgan fingerprint density at radius 2 is 1.37 bits per heavy atom. The number of hydrogen-bond acceptors (Lipinski definition) is 5. The van der Waals surface area contributed by atoms with Crippen LogP contribution in [0.5, 0.6) is 11.5 Å². The first-order chi connectivity index (χ1) is 17.7. The highest BCUT2D eigenvalue weighted by Gasteiger charge is 2.52. The number of carbonyl (C=O) groups is 2. The fraction of sp³-hybridized carbons (Fsp3) is 0.310. The van der Waals surface area contributed by atoms with E-state index in [1.807, 2.05) is 51.1 Å². The van der Waals surface area contributed by atoms with Crippen molar-refractivity contribution in [1.82, 2.24) is 0 Å². The van der Waals surface area contributed by atoms with Crippen LogP contribution >= 0.6 is 0 Å². The molecule has 0 heterocycles. The number of carboxylic acid groups (broad SMARTS) is 1. The second kappa shape index (κ2) is 11.2. The SMILES string of the molecule is CC(C)(C)c1ccc(OC(C)(C(=O)O)C(OC(=O)C(F)(F)F)c2ccc(OCc3ccccc3)cc2)cc1. The van der Waals surface area contributed by atoms with Gasteiger partial charge in [-0.1, -0.05) is 75.4 Å². The van der Waals surface area contributed by atoms with Gasteiger partial charge in [0.1, 0.15) is 18.1 Å². The summed E-state index contributed by atoms with van der Waals surface area (Å²) < 4.78 is 55.6. The molecule has 0 fully saturated rings. The van der Waals surface area contributed by atoms with Crippen LogP contribution < -0.4 is 9.47 Å². The number of halogens is 3. The Morgan fingerprint density at radius 1 is 0.816 bits per heavy atom. The molecule has 0 bridgehead atoms. The Balaban J connectivity index is 1.93. The van der Waals surface area contributed by atoms with Crippen molar-refractivity contribution in [2.75, 3.05) is 0 Å². The van der Waals surface area contributed by atoms with Crippen LogP contribution in [0.2, 0.25) is 0 Å². The topological polar surface area (TPSA) is 82.1 Å². The van der Waals surface area contributed by atoms with Gasteiger partial charge in [-0.2, -0.15) is 13.2 Å². The Labute approximate surface area is 219 Å². The van der Waals surface area contributed by atoms with E-state index in [2.05, 4.69) is 0 Å². The van der Waals surface area contributed by atoms with Crippen LogP contribution in [0.1, 0.15) is 50.5 Å². The zero-order chi connectivity index (χ0) is 28.1. The molecule has 0 aliphatic carbocycles. The first kappa shape index (κ1) is 28.6. The molecule has 0 aromatic heterocycles. The lowest BCUT2D eigenvalue weighted by molar-refractivity contribution is -0.216. The quantitative estimate of drug-likeness (QED) is 0.313. The molecule has 2 atom stereocenters. The van der Waals surface area contributed by atoms with Crippen LogP contribution in [0.25, 0.3) is 0 Å². The van der Waals surface area contributed by atoms with Gasteiger partial charge in [0.25, 0.3) is 0 Å². The summed E-state index contributed by atoms with van der Waals surface area (Å²) in [5, 5.41) is 10.1. The molecule has 0 spiro atoms. The van der Waals surface area contributed by atoms with Crippen molar-refractivity contribution in [3.8, 4) is 11.5 Å². The standard InChI is InChI=1S/C29H29F3O6/c1-27(2,3)21-12-16-23(17-13-21)38-28(4,25(33)34)24(37-26(35)29(30,31)32)20-10-14-22(15-11-20)36-18-19-8-6-5-7-9-19/h5-17,24H,18H2,1-4H3,(H,33,34). The van der Waals surface area contributed by atoms with Gasteiger partial charge in [0.2, 0.25) is 5.60 Å². The third kappa shape index (κ3) is 7.06. The largest absolute Gasteiger partial charge is 0.490 e. The molecule has 0 radical (unpaired) electrons. The van der Waals surface area contributed by atoms with Gasteiger partial charge in [0.15, 0.2) is 6.10 Å². The summed E-state index contributed by atoms with van der Waals surface area (Å²) in [7, 11) is 0. The van der Waals surface area contributed by atoms with Crippen LogP contribution in [-0.2, 0) is 26.3 Å². The van der Waals surface area contributed by atoms with Crippen LogP contribution in [-0.4, -0.2) is 28.8 Å². The average Bonchev–Trinajstić information content (AvgIpc) is 2.86. The molecule has 0 aliphatic rings. The number of alkyl halides is 3. The highest BCUT2D eigenvalue weighted by molar-refractivity contribution is 5.81. The Bertz CT molecular complexity index is 1230. The van der Waals surface area contributed by atoms with Crippen LogP contribution in [0, 0.1) is 0 Å². The first-order valence-corrected chi connectivity index (χ1v) is 11.8. The van der Waals surface area contributed by atoms with Crippen LogP contribution in [0.3, 0.4) is 0 Å². The van der Waals surface area contributed by atoms with E-state index in [-0.39, 0.29) is 23.3 Å². The predicted molar refractivity (Wildman–Crippen MR) is 134 cm³/mol. The molecule has 38 heavy (non-hydrogen) atoms. The minimum atomic E-state index is -5.34. The van der Waals surface area contributed by atoms with Crippen molar-refractivity contribution in [1.29, 1.82) is 0 Å². The summed E-state index contributed by atoms with van der Waals surface area (Å²) in [6.45, 7) is 7.27. The molecule has 2 unspecified atom stereocenters. The summed E-state index contributed by atoms with van der Waals surface area (Å²) >= 11 is 0. The lowest BCUT2D eigenvalue weighted by Crippen LogP contribution is -2.49. The van der Waals surface area contributed by atoms with Gasteiger partial charge in [-0.25, -0.2) is 9.59 Å². The van der Waals surface area contributed by atoms with Gasteiger partial charge in [-0.15, -0.1) is 0 Å². The van der Waals surface area contributed by atoms with Crippen molar-refractivity contribution in [2.45, 2.75) is 57.6 Å². The molecule has 0 saturated heterocycles. The highest BCUT2D eigenvalue weighted by atomic mass is 19.4. The minimum absolute atomic E-state index is 0.0223. The number of esters is 1. The van der Waals surface area contributed by atoms with E-state index < -0.39 is 29.8 Å². The zero-order valence-electron chi connectivity index (χ0n) is 21.4. The van der Waals surface area contributed by atoms with E-state index >= 15 is 0 Å². The fourth-order valence-corrected chi connectivity index (χ4v) is 3.63. The summed E-state index contributed by atoms with van der Waals surface area (Å²) in [6, 6.07) is 21.4. The Kier molecular flexibility index (Phi) is 8.39. The minimum Gasteiger partial charge on any atom is -0.489 e. The number of carboxylic acids is 1. The molecular formula is C29H29F3O6. The first-order valence-electron chi connectivity index (χ1n) is 11.8. The summed E-state index contributed by atoms with van der Waals surface area (Å²) in [5.41, 5.74) is -0.780. The molecule has 0 amide bonds. The zero-order valence-corrected chi connectivity index (χ0v) is 21.4. The van der Waals surface area contributed by atoms with Gasteiger partial charge in [-0.3, -0.25) is 0 Å². The third-order valence-electron chi connectivity index (χ3n) is 5.86. The summed E-state index contributed by atoms with van der Waals surface area (Å²) in [4.78, 5) is 24.2. The average molecular weight is 531 g/mol. The van der Waals surface area contributed by atoms with Crippen molar-refractivity contribution in [3.63, 3.8) is 0 Å². The predicted octanol–water partition coefficient (Wildman–Crippen LogP) is 6.63. The highest BCUT2D eigenvalue weighted by Crippen LogP contribution is 2.37. The number of ether oxygens (including phenoxy) is 3. The molecule has 6 nitrogen and oxygen atoms in total. The van der Waals surface area contributed by atoms with Crippen molar-refractivity contribution < 1.29 is 42.1 Å². The van der Waals surface area contributed by atoms with E-state index in [0.717, 1.165) is 18.1 Å². The Hall–Kier alpha value is -4.01. The molecule has 0 aliphatic heterocycles. The molecule has 3 aromatic rings. The van der Waals surface area contributed by atoms with Gasteiger partial charge in [0.05, 0.1) is 0 Å². The molecule has 1 N–H and O–H groups in total. The smallest absolute Gasteiger partial charge is 0.489 e. The van der Waals surface area contributed by atoms with E-state index in [4.69, 9.17) is 14.2 Å². The van der Waals surface area contributed by atoms with Gasteiger partial charge < -0.3 is 19.3 Å². The van der Waals surface area contributed by atoms with E-state index in [1.165, 1.54) is 36.4 Å². The van der Waals surface area contributed by atoms with Gasteiger partial charge in [0, 0.05) is 0 Å². The number of hydrogen-bond donors (Lipinski definition) is 1. The van der Waals surface area contributed by atoms with Gasteiger partial charge in [-0.05, 0) is 53.3 Å². The third-order valence-corrected chi connectivity index (χ3v) is 5.86. The maximum absolute atomic E-state index is 13.1. The molecule has 0 saturated carbocycles. The molecule has 3 rings (SSSR count). The second-order valence-electron chi connectivity index (χ2n) is 9.92. The number of rotatable bonds is 9. The van der Waals surface area contributed by atoms with Crippen LogP contribution in [0.4, 0.5) is 13.2 Å². The lowest BCUT2D eigenvalue weighted by atomic mass is 9.87. The number of carbonyl (C=O) groups excluding carboxylic acids is 1. The van der Waals surface area contributed by atoms with Crippen molar-refractivity contribution in [3.05, 3.63) is 95.6 Å². The normalized spacial score (nSPS) is 14.2. The van der Waals surface area contributed by atoms with E-state index in [0.29, 0.717) is 5.75 Å².